The number of fused-ring (bicyclic) bond motifs is 1. The Labute approximate surface area is 140 Å². The molecule has 0 aliphatic rings. The second-order valence-electron chi connectivity index (χ2n) is 4.69. The van der Waals surface area contributed by atoms with E-state index in [0.29, 0.717) is 15.6 Å². The molecule has 0 aliphatic carbocycles. The van der Waals surface area contributed by atoms with Crippen LogP contribution in [0.4, 0.5) is 0 Å². The number of aromatic nitrogens is 1. The Kier molecular flexibility index (Phi) is 4.07. The molecule has 0 aliphatic heterocycles. The number of hydrogen-bond donors (Lipinski definition) is 0. The highest BCUT2D eigenvalue weighted by molar-refractivity contribution is 9.10. The maximum Gasteiger partial charge on any atom is 0.182 e. The summed E-state index contributed by atoms with van der Waals surface area (Å²) in [6.45, 7) is 0.252. The first kappa shape index (κ1) is 14.6. The van der Waals surface area contributed by atoms with Crippen LogP contribution in [0.5, 0.6) is 0 Å². The third-order valence-electron chi connectivity index (χ3n) is 3.28. The first-order valence-corrected chi connectivity index (χ1v) is 7.82. The number of rotatable bonds is 3. The third-order valence-corrected chi connectivity index (χ3v) is 4.34. The van der Waals surface area contributed by atoms with Gasteiger partial charge in [0.15, 0.2) is 5.78 Å². The van der Waals surface area contributed by atoms with E-state index in [4.69, 9.17) is 23.2 Å². The van der Waals surface area contributed by atoms with E-state index in [2.05, 4.69) is 15.9 Å². The molecule has 0 saturated carbocycles. The summed E-state index contributed by atoms with van der Waals surface area (Å²) in [6.07, 6.45) is 1.85. The molecule has 0 unspecified atom stereocenters. The van der Waals surface area contributed by atoms with Crippen molar-refractivity contribution < 1.29 is 4.79 Å². The molecule has 0 fully saturated rings. The van der Waals surface area contributed by atoms with E-state index in [-0.39, 0.29) is 12.3 Å². The summed E-state index contributed by atoms with van der Waals surface area (Å²) in [6, 6.07) is 12.7. The van der Waals surface area contributed by atoms with E-state index in [1.165, 1.54) is 0 Å². The monoisotopic (exact) mass is 381 g/mol. The molecule has 0 amide bonds. The van der Waals surface area contributed by atoms with Crippen LogP contribution in [0.25, 0.3) is 10.9 Å². The van der Waals surface area contributed by atoms with Crippen LogP contribution in [-0.2, 0) is 6.54 Å². The summed E-state index contributed by atoms with van der Waals surface area (Å²) in [5, 5.41) is 2.04. The molecular weight excluding hydrogens is 373 g/mol. The fourth-order valence-corrected chi connectivity index (χ4v) is 3.05. The number of ketones is 1. The summed E-state index contributed by atoms with van der Waals surface area (Å²) in [4.78, 5) is 12.3. The molecule has 2 nitrogen and oxygen atoms in total. The normalized spacial score (nSPS) is 11.0. The van der Waals surface area contributed by atoms with Gasteiger partial charge in [-0.05, 0) is 30.3 Å². The summed E-state index contributed by atoms with van der Waals surface area (Å²) >= 11 is 15.6. The molecule has 0 bridgehead atoms. The predicted octanol–water partition coefficient (Wildman–Crippen LogP) is 5.59. The van der Waals surface area contributed by atoms with Gasteiger partial charge in [0.2, 0.25) is 0 Å². The number of Topliss-reactive ketones (excluding diaryl/α,β-unsaturated/α-hetero) is 1. The van der Waals surface area contributed by atoms with Crippen molar-refractivity contribution in [2.45, 2.75) is 6.54 Å². The lowest BCUT2D eigenvalue weighted by molar-refractivity contribution is 0.0973. The third kappa shape index (κ3) is 3.00. The van der Waals surface area contributed by atoms with Crippen molar-refractivity contribution >= 4 is 55.8 Å². The molecule has 5 heteroatoms. The van der Waals surface area contributed by atoms with Crippen molar-refractivity contribution in [3.05, 3.63) is 68.7 Å². The Balaban J connectivity index is 1.95. The zero-order valence-corrected chi connectivity index (χ0v) is 13.9. The van der Waals surface area contributed by atoms with Gasteiger partial charge in [-0.15, -0.1) is 0 Å². The molecule has 1 aromatic heterocycles. The van der Waals surface area contributed by atoms with Crippen molar-refractivity contribution in [2.75, 3.05) is 0 Å². The summed E-state index contributed by atoms with van der Waals surface area (Å²) in [5.41, 5.74) is 1.53. The van der Waals surface area contributed by atoms with Crippen LogP contribution in [0.15, 0.2) is 53.1 Å². The van der Waals surface area contributed by atoms with E-state index in [1.54, 1.807) is 18.2 Å². The van der Waals surface area contributed by atoms with Crippen molar-refractivity contribution in [1.82, 2.24) is 4.57 Å². The molecule has 106 valence electrons. The van der Waals surface area contributed by atoms with Gasteiger partial charge in [-0.3, -0.25) is 4.79 Å². The maximum atomic E-state index is 12.3. The van der Waals surface area contributed by atoms with Gasteiger partial charge in [0.1, 0.15) is 0 Å². The number of nitrogens with zero attached hydrogens (tertiary/aromatic N) is 1. The molecule has 3 rings (SSSR count). The Morgan fingerprint density at radius 2 is 1.81 bits per heavy atom. The molecule has 0 atom stereocenters. The van der Waals surface area contributed by atoms with Crippen LogP contribution in [0.2, 0.25) is 10.0 Å². The zero-order valence-electron chi connectivity index (χ0n) is 10.8. The first-order valence-electron chi connectivity index (χ1n) is 6.27. The van der Waals surface area contributed by atoms with Crippen LogP contribution < -0.4 is 0 Å². The summed E-state index contributed by atoms with van der Waals surface area (Å²) < 4.78 is 2.81. The van der Waals surface area contributed by atoms with Gasteiger partial charge in [0, 0.05) is 26.6 Å². The minimum absolute atomic E-state index is 0.0381. The lowest BCUT2D eigenvalue weighted by atomic mass is 10.1. The smallest absolute Gasteiger partial charge is 0.182 e. The average molecular weight is 383 g/mol. The van der Waals surface area contributed by atoms with Crippen LogP contribution in [0.3, 0.4) is 0 Å². The first-order chi connectivity index (χ1) is 10.0. The maximum absolute atomic E-state index is 12.3. The van der Waals surface area contributed by atoms with Gasteiger partial charge in [-0.25, -0.2) is 0 Å². The van der Waals surface area contributed by atoms with Crippen LogP contribution in [0.1, 0.15) is 10.4 Å². The van der Waals surface area contributed by atoms with Crippen LogP contribution in [0, 0.1) is 0 Å². The van der Waals surface area contributed by atoms with E-state index in [1.807, 2.05) is 35.0 Å². The summed E-state index contributed by atoms with van der Waals surface area (Å²) in [5.74, 6) is 0.0381. The number of carbonyl (C=O) groups excluding carboxylic acids is 1. The van der Waals surface area contributed by atoms with Gasteiger partial charge in [-0.1, -0.05) is 51.3 Å². The van der Waals surface area contributed by atoms with Gasteiger partial charge in [0.25, 0.3) is 0 Å². The van der Waals surface area contributed by atoms with E-state index >= 15 is 0 Å². The van der Waals surface area contributed by atoms with Gasteiger partial charge in [0.05, 0.1) is 17.1 Å². The minimum atomic E-state index is 0.0381. The number of halogens is 3. The highest BCUT2D eigenvalue weighted by Crippen LogP contribution is 2.28. The molecule has 0 spiro atoms. The molecule has 3 aromatic rings. The van der Waals surface area contributed by atoms with Gasteiger partial charge in [-0.2, -0.15) is 0 Å². The van der Waals surface area contributed by atoms with Crippen molar-refractivity contribution in [3.63, 3.8) is 0 Å². The Hall–Kier alpha value is -1.29. The Bertz CT molecular complexity index is 824. The largest absolute Gasteiger partial charge is 0.340 e. The zero-order chi connectivity index (χ0) is 15.0. The van der Waals surface area contributed by atoms with Crippen molar-refractivity contribution in [3.8, 4) is 0 Å². The molecule has 21 heavy (non-hydrogen) atoms. The number of hydrogen-bond acceptors (Lipinski definition) is 1. The molecular formula is C16H10BrCl2NO. The molecule has 2 aromatic carbocycles. The van der Waals surface area contributed by atoms with E-state index in [0.717, 1.165) is 15.4 Å². The van der Waals surface area contributed by atoms with Crippen molar-refractivity contribution in [2.24, 2.45) is 0 Å². The Morgan fingerprint density at radius 3 is 2.52 bits per heavy atom. The SMILES string of the molecule is O=C(Cn1ccc2c(Cl)cc(Cl)cc21)c1ccc(Br)cc1. The molecule has 0 saturated heterocycles. The van der Waals surface area contributed by atoms with Crippen LogP contribution in [-0.4, -0.2) is 10.4 Å². The van der Waals surface area contributed by atoms with E-state index in [9.17, 15) is 4.79 Å². The fraction of sp³-hybridized carbons (Fsp3) is 0.0625. The Morgan fingerprint density at radius 1 is 1.10 bits per heavy atom. The highest BCUT2D eigenvalue weighted by atomic mass is 79.9. The van der Waals surface area contributed by atoms with Gasteiger partial charge >= 0.3 is 0 Å². The molecule has 0 radical (unpaired) electrons. The predicted molar refractivity (Wildman–Crippen MR) is 90.4 cm³/mol. The molecule has 0 N–H and O–H groups in total. The van der Waals surface area contributed by atoms with Gasteiger partial charge < -0.3 is 4.57 Å². The number of carbonyl (C=O) groups is 1. The fourth-order valence-electron chi connectivity index (χ4n) is 2.24. The molecule has 1 heterocycles. The standard InChI is InChI=1S/C16H10BrCl2NO/c17-11-3-1-10(2-4-11)16(21)9-20-6-5-13-14(19)7-12(18)8-15(13)20/h1-8H,9H2. The quantitative estimate of drug-likeness (QED) is 0.541. The minimum Gasteiger partial charge on any atom is -0.340 e. The lowest BCUT2D eigenvalue weighted by Gasteiger charge is -2.06. The second-order valence-corrected chi connectivity index (χ2v) is 6.45. The highest BCUT2D eigenvalue weighted by Gasteiger charge is 2.11. The average Bonchev–Trinajstić information content (AvgIpc) is 2.83. The van der Waals surface area contributed by atoms with Crippen LogP contribution >= 0.6 is 39.1 Å². The van der Waals surface area contributed by atoms with Crippen molar-refractivity contribution in [1.29, 1.82) is 0 Å². The number of benzene rings is 2. The van der Waals surface area contributed by atoms with E-state index < -0.39 is 0 Å². The second kappa shape index (κ2) is 5.84. The summed E-state index contributed by atoms with van der Waals surface area (Å²) in [7, 11) is 0. The topological polar surface area (TPSA) is 22.0 Å². The lowest BCUT2D eigenvalue weighted by Crippen LogP contribution is -2.09.